The number of carbonyl (C=O) groups is 1. The molecule has 1 aliphatic rings. The Balaban J connectivity index is 1.81. The lowest BCUT2D eigenvalue weighted by atomic mass is 9.93. The molecule has 108 valence electrons. The Hall–Kier alpha value is -1.61. The first-order valence-electron chi connectivity index (χ1n) is 7.35. The minimum Gasteiger partial charge on any atom is -0.388 e. The monoisotopic (exact) mass is 273 g/mol. The highest BCUT2D eigenvalue weighted by atomic mass is 16.3. The number of aliphatic hydroxyl groups excluding tert-OH is 1. The molecule has 0 aromatic heterocycles. The zero-order valence-electron chi connectivity index (χ0n) is 12.0. The van der Waals surface area contributed by atoms with Gasteiger partial charge in [-0.15, -0.1) is 0 Å². The van der Waals surface area contributed by atoms with Crippen molar-refractivity contribution in [3.8, 4) is 0 Å². The number of aliphatic hydroxyl groups is 1. The molecule has 0 bridgehead atoms. The second kappa shape index (κ2) is 7.25. The summed E-state index contributed by atoms with van der Waals surface area (Å²) in [6.07, 6.45) is 6.97. The molecular weight excluding hydrogens is 250 g/mol. The van der Waals surface area contributed by atoms with Crippen molar-refractivity contribution < 1.29 is 9.90 Å². The number of rotatable bonds is 5. The van der Waals surface area contributed by atoms with E-state index in [1.165, 1.54) is 0 Å². The van der Waals surface area contributed by atoms with Gasteiger partial charge in [-0.2, -0.15) is 0 Å². The van der Waals surface area contributed by atoms with E-state index in [0.717, 1.165) is 24.8 Å². The summed E-state index contributed by atoms with van der Waals surface area (Å²) < 4.78 is 0. The van der Waals surface area contributed by atoms with E-state index in [1.807, 2.05) is 37.3 Å². The highest BCUT2D eigenvalue weighted by Crippen LogP contribution is 2.20. The Kier molecular flexibility index (Phi) is 5.36. The molecule has 0 heterocycles. The van der Waals surface area contributed by atoms with Crippen molar-refractivity contribution in [3.63, 3.8) is 0 Å². The summed E-state index contributed by atoms with van der Waals surface area (Å²) >= 11 is 0. The van der Waals surface area contributed by atoms with Gasteiger partial charge in [0.1, 0.15) is 0 Å². The number of amides is 1. The first kappa shape index (κ1) is 14.8. The smallest absolute Gasteiger partial charge is 0.223 e. The maximum Gasteiger partial charge on any atom is 0.223 e. The molecular formula is C17H23NO2. The van der Waals surface area contributed by atoms with Crippen LogP contribution in [0.4, 0.5) is 0 Å². The predicted octanol–water partition coefficient (Wildman–Crippen LogP) is 2.97. The van der Waals surface area contributed by atoms with Gasteiger partial charge in [-0.25, -0.2) is 0 Å². The van der Waals surface area contributed by atoms with Crippen molar-refractivity contribution in [2.45, 2.75) is 44.8 Å². The molecule has 0 saturated carbocycles. The second-order valence-electron chi connectivity index (χ2n) is 5.55. The Morgan fingerprint density at radius 3 is 2.75 bits per heavy atom. The van der Waals surface area contributed by atoms with Crippen LogP contribution in [-0.2, 0) is 4.79 Å². The molecule has 2 N–H and O–H groups in total. The highest BCUT2D eigenvalue weighted by Gasteiger charge is 2.21. The van der Waals surface area contributed by atoms with Gasteiger partial charge in [0.15, 0.2) is 0 Å². The molecule has 3 heteroatoms. The predicted molar refractivity (Wildman–Crippen MR) is 80.1 cm³/mol. The van der Waals surface area contributed by atoms with Crippen LogP contribution in [0.25, 0.3) is 0 Å². The Labute approximate surface area is 120 Å². The minimum absolute atomic E-state index is 0.0244. The standard InChI is InChI=1S/C17H23NO2/c1-13(12-16(19)14-8-4-2-5-9-14)18-17(20)15-10-6-3-7-11-15/h2-6,8-9,13,15-16,19H,7,10-12H2,1H3,(H,18,20). The van der Waals surface area contributed by atoms with Gasteiger partial charge in [0.2, 0.25) is 5.91 Å². The first-order valence-corrected chi connectivity index (χ1v) is 7.35. The third kappa shape index (κ3) is 4.20. The fourth-order valence-corrected chi connectivity index (χ4v) is 2.60. The third-order valence-electron chi connectivity index (χ3n) is 3.79. The van der Waals surface area contributed by atoms with Gasteiger partial charge in [0.05, 0.1) is 6.10 Å². The fourth-order valence-electron chi connectivity index (χ4n) is 2.60. The van der Waals surface area contributed by atoms with Crippen LogP contribution in [0.5, 0.6) is 0 Å². The number of carbonyl (C=O) groups excluding carboxylic acids is 1. The quantitative estimate of drug-likeness (QED) is 0.810. The van der Waals surface area contributed by atoms with Gasteiger partial charge in [0, 0.05) is 12.0 Å². The molecule has 0 spiro atoms. The lowest BCUT2D eigenvalue weighted by Gasteiger charge is -2.22. The minimum atomic E-state index is -0.530. The molecule has 2 rings (SSSR count). The van der Waals surface area contributed by atoms with E-state index in [-0.39, 0.29) is 17.9 Å². The van der Waals surface area contributed by atoms with Gasteiger partial charge < -0.3 is 10.4 Å². The van der Waals surface area contributed by atoms with E-state index >= 15 is 0 Å². The van der Waals surface area contributed by atoms with Gasteiger partial charge in [-0.3, -0.25) is 4.79 Å². The molecule has 20 heavy (non-hydrogen) atoms. The summed E-state index contributed by atoms with van der Waals surface area (Å²) in [6.45, 7) is 1.95. The van der Waals surface area contributed by atoms with Gasteiger partial charge in [-0.1, -0.05) is 42.5 Å². The second-order valence-corrected chi connectivity index (χ2v) is 5.55. The summed E-state index contributed by atoms with van der Waals surface area (Å²) in [5.74, 6) is 0.207. The number of nitrogens with one attached hydrogen (secondary N) is 1. The van der Waals surface area contributed by atoms with Crippen LogP contribution >= 0.6 is 0 Å². The van der Waals surface area contributed by atoms with E-state index in [2.05, 4.69) is 17.5 Å². The summed E-state index contributed by atoms with van der Waals surface area (Å²) in [7, 11) is 0. The zero-order valence-corrected chi connectivity index (χ0v) is 12.0. The summed E-state index contributed by atoms with van der Waals surface area (Å²) in [5.41, 5.74) is 0.897. The molecule has 1 aromatic carbocycles. The largest absolute Gasteiger partial charge is 0.388 e. The van der Waals surface area contributed by atoms with E-state index in [0.29, 0.717) is 6.42 Å². The average molecular weight is 273 g/mol. The van der Waals surface area contributed by atoms with Gasteiger partial charge >= 0.3 is 0 Å². The molecule has 0 saturated heterocycles. The molecule has 3 nitrogen and oxygen atoms in total. The maximum atomic E-state index is 12.1. The fraction of sp³-hybridized carbons (Fsp3) is 0.471. The SMILES string of the molecule is CC(CC(O)c1ccccc1)NC(=O)C1CC=CCC1. The third-order valence-corrected chi connectivity index (χ3v) is 3.79. The zero-order chi connectivity index (χ0) is 14.4. The van der Waals surface area contributed by atoms with Gasteiger partial charge in [-0.05, 0) is 38.2 Å². The molecule has 0 aliphatic heterocycles. The molecule has 1 amide bonds. The van der Waals surface area contributed by atoms with Crippen LogP contribution in [-0.4, -0.2) is 17.1 Å². The van der Waals surface area contributed by atoms with Crippen molar-refractivity contribution in [1.82, 2.24) is 5.32 Å². The van der Waals surface area contributed by atoms with E-state index in [4.69, 9.17) is 0 Å². The number of hydrogen-bond acceptors (Lipinski definition) is 2. The Morgan fingerprint density at radius 1 is 1.35 bits per heavy atom. The summed E-state index contributed by atoms with van der Waals surface area (Å²) in [5, 5.41) is 13.2. The molecule has 0 fully saturated rings. The lowest BCUT2D eigenvalue weighted by molar-refractivity contribution is -0.126. The Bertz CT molecular complexity index is 455. The van der Waals surface area contributed by atoms with Crippen molar-refractivity contribution in [1.29, 1.82) is 0 Å². The maximum absolute atomic E-state index is 12.1. The molecule has 3 unspecified atom stereocenters. The van der Waals surface area contributed by atoms with E-state index in [9.17, 15) is 9.90 Å². The lowest BCUT2D eigenvalue weighted by Crippen LogP contribution is -2.38. The topological polar surface area (TPSA) is 49.3 Å². The normalized spacial score (nSPS) is 21.2. The summed E-state index contributed by atoms with van der Waals surface area (Å²) in [6, 6.07) is 9.55. The van der Waals surface area contributed by atoms with Crippen LogP contribution < -0.4 is 5.32 Å². The van der Waals surface area contributed by atoms with Crippen molar-refractivity contribution in [3.05, 3.63) is 48.0 Å². The van der Waals surface area contributed by atoms with E-state index in [1.54, 1.807) is 0 Å². The van der Waals surface area contributed by atoms with Crippen LogP contribution in [0.1, 0.15) is 44.3 Å². The van der Waals surface area contributed by atoms with E-state index < -0.39 is 6.10 Å². The highest BCUT2D eigenvalue weighted by molar-refractivity contribution is 5.79. The van der Waals surface area contributed by atoms with Crippen LogP contribution in [0.15, 0.2) is 42.5 Å². The molecule has 1 aromatic rings. The van der Waals surface area contributed by atoms with Crippen LogP contribution in [0.2, 0.25) is 0 Å². The molecule has 0 radical (unpaired) electrons. The number of allylic oxidation sites excluding steroid dienone is 2. The van der Waals surface area contributed by atoms with Crippen molar-refractivity contribution in [2.24, 2.45) is 5.92 Å². The molecule has 3 atom stereocenters. The molecule has 1 aliphatic carbocycles. The summed E-state index contributed by atoms with van der Waals surface area (Å²) in [4.78, 5) is 12.1. The van der Waals surface area contributed by atoms with Crippen LogP contribution in [0, 0.1) is 5.92 Å². The number of hydrogen-bond donors (Lipinski definition) is 2. The van der Waals surface area contributed by atoms with Crippen molar-refractivity contribution >= 4 is 5.91 Å². The average Bonchev–Trinajstić information content (AvgIpc) is 2.49. The first-order chi connectivity index (χ1) is 9.66. The number of benzene rings is 1. The Morgan fingerprint density at radius 2 is 2.10 bits per heavy atom. The van der Waals surface area contributed by atoms with Gasteiger partial charge in [0.25, 0.3) is 0 Å². The van der Waals surface area contributed by atoms with Crippen LogP contribution in [0.3, 0.4) is 0 Å². The van der Waals surface area contributed by atoms with Crippen molar-refractivity contribution in [2.75, 3.05) is 0 Å².